The number of nitrogens with zero attached hydrogens (tertiary/aromatic N) is 5. The second-order valence-corrected chi connectivity index (χ2v) is 10.9. The molecule has 0 amide bonds. The van der Waals surface area contributed by atoms with E-state index < -0.39 is 9.84 Å². The van der Waals surface area contributed by atoms with Crippen LogP contribution in [-0.2, 0) is 9.84 Å². The molecule has 1 aliphatic heterocycles. The van der Waals surface area contributed by atoms with Gasteiger partial charge in [-0.25, -0.2) is 13.4 Å². The summed E-state index contributed by atoms with van der Waals surface area (Å²) in [6.45, 7) is 5.65. The van der Waals surface area contributed by atoms with Gasteiger partial charge in [-0.1, -0.05) is 19.0 Å². The molecule has 0 aliphatic carbocycles. The molecule has 1 fully saturated rings. The molecule has 5 rings (SSSR count). The lowest BCUT2D eigenvalue weighted by molar-refractivity contribution is 0.162. The third kappa shape index (κ3) is 4.50. The maximum absolute atomic E-state index is 11.8. The normalized spacial score (nSPS) is 15.4. The molecule has 0 bridgehead atoms. The summed E-state index contributed by atoms with van der Waals surface area (Å²) in [6, 6.07) is 11.4. The Labute approximate surface area is 198 Å². The standard InChI is InChI=1S/C24H27N5O4S/c1-16(2)23-26-24(33-27-23)28-11-9-19(10-12-28)32-22-7-4-18(15-25-22)29-13-8-17-14-20(34(3,30)31)5-6-21(17)29/h4-8,13-16,19H,9-12H2,1-3H3. The van der Waals surface area contributed by atoms with Crippen molar-refractivity contribution in [3.63, 3.8) is 0 Å². The molecule has 1 aromatic carbocycles. The predicted molar refractivity (Wildman–Crippen MR) is 128 cm³/mol. The maximum atomic E-state index is 11.8. The first-order valence-electron chi connectivity index (χ1n) is 11.3. The summed E-state index contributed by atoms with van der Waals surface area (Å²) in [5.41, 5.74) is 1.79. The number of aromatic nitrogens is 4. The number of anilines is 1. The minimum absolute atomic E-state index is 0.0731. The van der Waals surface area contributed by atoms with Gasteiger partial charge in [0.15, 0.2) is 15.7 Å². The quantitative estimate of drug-likeness (QED) is 0.407. The van der Waals surface area contributed by atoms with E-state index in [1.165, 1.54) is 6.26 Å². The van der Waals surface area contributed by atoms with Crippen LogP contribution in [0.15, 0.2) is 58.2 Å². The monoisotopic (exact) mass is 481 g/mol. The van der Waals surface area contributed by atoms with Gasteiger partial charge in [0, 0.05) is 55.8 Å². The van der Waals surface area contributed by atoms with Crippen LogP contribution in [0.2, 0.25) is 0 Å². The van der Waals surface area contributed by atoms with Crippen molar-refractivity contribution in [2.45, 2.75) is 43.6 Å². The van der Waals surface area contributed by atoms with Crippen LogP contribution in [0.3, 0.4) is 0 Å². The summed E-state index contributed by atoms with van der Waals surface area (Å²) in [5, 5.41) is 4.90. The van der Waals surface area contributed by atoms with Crippen molar-refractivity contribution in [2.24, 2.45) is 0 Å². The van der Waals surface area contributed by atoms with Gasteiger partial charge in [0.1, 0.15) is 6.10 Å². The molecule has 1 aliphatic rings. The van der Waals surface area contributed by atoms with Gasteiger partial charge in [-0.2, -0.15) is 4.98 Å². The molecular weight excluding hydrogens is 454 g/mol. The fourth-order valence-corrected chi connectivity index (χ4v) is 4.74. The first-order valence-corrected chi connectivity index (χ1v) is 13.2. The van der Waals surface area contributed by atoms with E-state index in [2.05, 4.69) is 20.0 Å². The zero-order chi connectivity index (χ0) is 23.9. The first-order chi connectivity index (χ1) is 16.3. The fraction of sp³-hybridized carbons (Fsp3) is 0.375. The lowest BCUT2D eigenvalue weighted by atomic mass is 10.1. The molecule has 0 unspecified atom stereocenters. The highest BCUT2D eigenvalue weighted by Crippen LogP contribution is 2.26. The van der Waals surface area contributed by atoms with Gasteiger partial charge >= 0.3 is 6.01 Å². The summed E-state index contributed by atoms with van der Waals surface area (Å²) >= 11 is 0. The summed E-state index contributed by atoms with van der Waals surface area (Å²) in [5.74, 6) is 1.55. The second-order valence-electron chi connectivity index (χ2n) is 8.93. The Morgan fingerprint density at radius 2 is 1.91 bits per heavy atom. The number of hydrogen-bond acceptors (Lipinski definition) is 8. The van der Waals surface area contributed by atoms with Crippen molar-refractivity contribution in [1.29, 1.82) is 0 Å². The molecule has 178 valence electrons. The van der Waals surface area contributed by atoms with Crippen molar-refractivity contribution in [3.05, 3.63) is 54.6 Å². The molecule has 1 saturated heterocycles. The summed E-state index contributed by atoms with van der Waals surface area (Å²) in [7, 11) is -3.24. The van der Waals surface area contributed by atoms with E-state index in [4.69, 9.17) is 9.26 Å². The highest BCUT2D eigenvalue weighted by molar-refractivity contribution is 7.90. The van der Waals surface area contributed by atoms with E-state index >= 15 is 0 Å². The van der Waals surface area contributed by atoms with Gasteiger partial charge in [-0.15, -0.1) is 0 Å². The lowest BCUT2D eigenvalue weighted by Crippen LogP contribution is -2.38. The number of piperidine rings is 1. The molecule has 0 radical (unpaired) electrons. The Bertz CT molecular complexity index is 1400. The Morgan fingerprint density at radius 3 is 2.56 bits per heavy atom. The summed E-state index contributed by atoms with van der Waals surface area (Å²) in [6.07, 6.45) is 6.64. The summed E-state index contributed by atoms with van der Waals surface area (Å²) < 4.78 is 37.1. The molecule has 0 atom stereocenters. The van der Waals surface area contributed by atoms with Crippen molar-refractivity contribution in [2.75, 3.05) is 24.2 Å². The van der Waals surface area contributed by atoms with E-state index in [0.717, 1.165) is 48.3 Å². The largest absolute Gasteiger partial charge is 0.474 e. The van der Waals surface area contributed by atoms with Gasteiger partial charge in [-0.3, -0.25) is 0 Å². The first kappa shape index (κ1) is 22.4. The minimum Gasteiger partial charge on any atom is -0.474 e. The van der Waals surface area contributed by atoms with Gasteiger partial charge in [0.25, 0.3) is 0 Å². The van der Waals surface area contributed by atoms with Gasteiger partial charge in [0.2, 0.25) is 5.88 Å². The predicted octanol–water partition coefficient (Wildman–Crippen LogP) is 3.98. The third-order valence-electron chi connectivity index (χ3n) is 6.04. The van der Waals surface area contributed by atoms with E-state index in [-0.39, 0.29) is 12.0 Å². The van der Waals surface area contributed by atoms with Gasteiger partial charge < -0.3 is 18.7 Å². The Hall–Kier alpha value is -3.40. The van der Waals surface area contributed by atoms with Crippen molar-refractivity contribution in [1.82, 2.24) is 19.7 Å². The average Bonchev–Trinajstić information content (AvgIpc) is 3.47. The number of benzene rings is 1. The molecule has 9 nitrogen and oxygen atoms in total. The maximum Gasteiger partial charge on any atom is 0.324 e. The van der Waals surface area contributed by atoms with Crippen LogP contribution in [0.1, 0.15) is 38.4 Å². The van der Waals surface area contributed by atoms with Crippen LogP contribution in [0, 0.1) is 0 Å². The molecule has 3 aromatic heterocycles. The zero-order valence-electron chi connectivity index (χ0n) is 19.4. The lowest BCUT2D eigenvalue weighted by Gasteiger charge is -2.30. The average molecular weight is 482 g/mol. The smallest absolute Gasteiger partial charge is 0.324 e. The summed E-state index contributed by atoms with van der Waals surface area (Å²) in [4.78, 5) is 11.4. The minimum atomic E-state index is -3.24. The number of pyridine rings is 1. The number of sulfone groups is 1. The number of rotatable bonds is 6. The Kier molecular flexibility index (Phi) is 5.76. The highest BCUT2D eigenvalue weighted by Gasteiger charge is 2.25. The van der Waals surface area contributed by atoms with E-state index in [9.17, 15) is 8.42 Å². The van der Waals surface area contributed by atoms with Crippen LogP contribution in [0.5, 0.6) is 5.88 Å². The number of hydrogen-bond donors (Lipinski definition) is 0. The van der Waals surface area contributed by atoms with Crippen molar-refractivity contribution in [3.8, 4) is 11.6 Å². The molecule has 0 N–H and O–H groups in total. The van der Waals surface area contributed by atoms with Crippen molar-refractivity contribution < 1.29 is 17.7 Å². The molecule has 0 spiro atoms. The molecule has 10 heteroatoms. The molecule has 4 heterocycles. The molecule has 34 heavy (non-hydrogen) atoms. The molecule has 0 saturated carbocycles. The van der Waals surface area contributed by atoms with E-state index in [1.54, 1.807) is 18.3 Å². The van der Waals surface area contributed by atoms with Crippen LogP contribution in [0.4, 0.5) is 6.01 Å². The number of fused-ring (bicyclic) bond motifs is 1. The second kappa shape index (κ2) is 8.75. The van der Waals surface area contributed by atoms with Crippen LogP contribution in [0.25, 0.3) is 16.6 Å². The molecular formula is C24H27N5O4S. The SMILES string of the molecule is CC(C)c1noc(N2CCC(Oc3ccc(-n4ccc5cc(S(C)(=O)=O)ccc54)cn3)CC2)n1. The third-order valence-corrected chi connectivity index (χ3v) is 7.15. The molecule has 4 aromatic rings. The van der Waals surface area contributed by atoms with Crippen LogP contribution >= 0.6 is 0 Å². The Morgan fingerprint density at radius 1 is 1.12 bits per heavy atom. The topological polar surface area (TPSA) is 103 Å². The van der Waals surface area contributed by atoms with E-state index in [1.807, 2.05) is 48.9 Å². The number of ether oxygens (including phenoxy) is 1. The van der Waals surface area contributed by atoms with E-state index in [0.29, 0.717) is 16.8 Å². The van der Waals surface area contributed by atoms with Gasteiger partial charge in [-0.05, 0) is 30.3 Å². The fourth-order valence-electron chi connectivity index (χ4n) is 4.09. The van der Waals surface area contributed by atoms with Crippen LogP contribution in [-0.4, -0.2) is 53.6 Å². The van der Waals surface area contributed by atoms with Crippen molar-refractivity contribution >= 4 is 26.8 Å². The zero-order valence-corrected chi connectivity index (χ0v) is 20.2. The highest BCUT2D eigenvalue weighted by atomic mass is 32.2. The van der Waals surface area contributed by atoms with Crippen LogP contribution < -0.4 is 9.64 Å². The Balaban J connectivity index is 1.23. The van der Waals surface area contributed by atoms with Gasteiger partial charge in [0.05, 0.1) is 22.3 Å².